The molecule has 0 amide bonds. The van der Waals surface area contributed by atoms with E-state index in [1.807, 2.05) is 6.07 Å². The minimum atomic E-state index is 0.275. The Morgan fingerprint density at radius 2 is 1.65 bits per heavy atom. The molecule has 0 N–H and O–H groups in total. The van der Waals surface area contributed by atoms with Crippen molar-refractivity contribution in [2.75, 3.05) is 11.9 Å². The van der Waals surface area contributed by atoms with Crippen molar-refractivity contribution in [3.05, 3.63) is 95.6 Å². The Hall–Kier alpha value is -2.94. The molecular formula is C23H22BNO. The lowest BCUT2D eigenvalue weighted by molar-refractivity contribution is 0.414. The van der Waals surface area contributed by atoms with Gasteiger partial charge in [-0.25, -0.2) is 0 Å². The van der Waals surface area contributed by atoms with Crippen LogP contribution in [-0.4, -0.2) is 14.0 Å². The van der Waals surface area contributed by atoms with Crippen LogP contribution in [0.5, 0.6) is 5.75 Å². The van der Waals surface area contributed by atoms with Gasteiger partial charge < -0.3 is 9.55 Å². The molecule has 0 fully saturated rings. The molecule has 0 unspecified atom stereocenters. The Bertz CT molecular complexity index is 936. The van der Waals surface area contributed by atoms with E-state index in [1.54, 1.807) is 7.11 Å². The third kappa shape index (κ3) is 3.13. The van der Waals surface area contributed by atoms with Gasteiger partial charge in [-0.05, 0) is 40.4 Å². The summed E-state index contributed by atoms with van der Waals surface area (Å²) < 4.78 is 5.43. The van der Waals surface area contributed by atoms with E-state index in [4.69, 9.17) is 4.74 Å². The Morgan fingerprint density at radius 1 is 0.885 bits per heavy atom. The minimum Gasteiger partial charge on any atom is -0.497 e. The second-order valence-corrected chi connectivity index (χ2v) is 6.68. The van der Waals surface area contributed by atoms with Crippen LogP contribution in [0.25, 0.3) is 11.5 Å². The van der Waals surface area contributed by atoms with E-state index in [0.29, 0.717) is 0 Å². The lowest BCUT2D eigenvalue weighted by Gasteiger charge is -2.36. The van der Waals surface area contributed by atoms with E-state index in [9.17, 15) is 0 Å². The van der Waals surface area contributed by atoms with Crippen molar-refractivity contribution >= 4 is 24.1 Å². The first kappa shape index (κ1) is 16.5. The molecule has 0 saturated carbocycles. The van der Waals surface area contributed by atoms with E-state index < -0.39 is 0 Å². The fourth-order valence-electron chi connectivity index (χ4n) is 3.67. The molecule has 3 aromatic carbocycles. The van der Waals surface area contributed by atoms with E-state index in [2.05, 4.69) is 90.5 Å². The minimum absolute atomic E-state index is 0.275. The van der Waals surface area contributed by atoms with Gasteiger partial charge in [-0.2, -0.15) is 0 Å². The molecule has 0 aromatic heterocycles. The first-order valence-electron chi connectivity index (χ1n) is 9.02. The molecule has 1 aliphatic rings. The summed E-state index contributed by atoms with van der Waals surface area (Å²) in [6.07, 6.45) is 2.32. The number of rotatable bonds is 4. The number of hydrogen-bond acceptors (Lipinski definition) is 2. The van der Waals surface area contributed by atoms with Crippen LogP contribution in [-0.2, 0) is 6.54 Å². The number of hydrogen-bond donors (Lipinski definition) is 0. The Labute approximate surface area is 155 Å². The highest BCUT2D eigenvalue weighted by Crippen LogP contribution is 2.36. The molecular weight excluding hydrogens is 317 g/mol. The summed E-state index contributed by atoms with van der Waals surface area (Å²) in [4.78, 5) is 2.49. The predicted octanol–water partition coefficient (Wildman–Crippen LogP) is 5.42. The largest absolute Gasteiger partial charge is 0.497 e. The first-order valence-corrected chi connectivity index (χ1v) is 9.02. The van der Waals surface area contributed by atoms with Crippen LogP contribution in [0, 0.1) is 0 Å². The van der Waals surface area contributed by atoms with Gasteiger partial charge in [-0.1, -0.05) is 73.6 Å². The quantitative estimate of drug-likeness (QED) is 0.589. The van der Waals surface area contributed by atoms with Crippen molar-refractivity contribution in [3.8, 4) is 5.75 Å². The Balaban J connectivity index is 1.77. The zero-order valence-electron chi connectivity index (χ0n) is 15.2. The summed E-state index contributed by atoms with van der Waals surface area (Å²) >= 11 is 0. The molecule has 128 valence electrons. The summed E-state index contributed by atoms with van der Waals surface area (Å²) in [6, 6.07) is 27.6. The Kier molecular flexibility index (Phi) is 4.53. The first-order chi connectivity index (χ1) is 12.8. The Morgan fingerprint density at radius 3 is 2.46 bits per heavy atom. The fraction of sp³-hybridized carbons (Fsp3) is 0.130. The van der Waals surface area contributed by atoms with Gasteiger partial charge >= 0.3 is 0 Å². The normalized spacial score (nSPS) is 13.2. The van der Waals surface area contributed by atoms with E-state index in [-0.39, 0.29) is 6.85 Å². The highest BCUT2D eigenvalue weighted by molar-refractivity contribution is 6.83. The van der Waals surface area contributed by atoms with Crippen LogP contribution in [0.15, 0.2) is 78.9 Å². The van der Waals surface area contributed by atoms with Gasteiger partial charge in [0.05, 0.1) is 7.11 Å². The number of nitrogens with zero attached hydrogens (tertiary/aromatic N) is 1. The van der Waals surface area contributed by atoms with E-state index in [1.165, 1.54) is 27.9 Å². The van der Waals surface area contributed by atoms with Gasteiger partial charge in [0.15, 0.2) is 0 Å². The monoisotopic (exact) mass is 339 g/mol. The number of benzene rings is 3. The van der Waals surface area contributed by atoms with Crippen LogP contribution >= 0.6 is 0 Å². The van der Waals surface area contributed by atoms with Crippen molar-refractivity contribution in [2.24, 2.45) is 0 Å². The molecule has 26 heavy (non-hydrogen) atoms. The average Bonchev–Trinajstić information content (AvgIpc) is 2.70. The molecule has 0 bridgehead atoms. The summed E-state index contributed by atoms with van der Waals surface area (Å²) in [5.41, 5.74) is 6.40. The number of anilines is 1. The maximum Gasteiger partial charge on any atom is 0.286 e. The number of ether oxygens (including phenoxy) is 1. The highest BCUT2D eigenvalue weighted by atomic mass is 16.5. The molecule has 3 aromatic rings. The fourth-order valence-corrected chi connectivity index (χ4v) is 3.67. The van der Waals surface area contributed by atoms with Crippen molar-refractivity contribution in [1.29, 1.82) is 0 Å². The van der Waals surface area contributed by atoms with Crippen molar-refractivity contribution in [2.45, 2.75) is 13.4 Å². The SMILES string of the molecule is COc1cccc(C2=Cc3ccccc3N(Cc3ccccc3)B2C)c1. The average molecular weight is 339 g/mol. The topological polar surface area (TPSA) is 12.5 Å². The molecule has 1 aliphatic heterocycles. The van der Waals surface area contributed by atoms with Crippen molar-refractivity contribution in [1.82, 2.24) is 0 Å². The molecule has 0 spiro atoms. The summed E-state index contributed by atoms with van der Waals surface area (Å²) in [5, 5.41) is 0. The highest BCUT2D eigenvalue weighted by Gasteiger charge is 2.29. The predicted molar refractivity (Wildman–Crippen MR) is 112 cm³/mol. The molecule has 2 nitrogen and oxygen atoms in total. The van der Waals surface area contributed by atoms with Crippen LogP contribution in [0.4, 0.5) is 5.69 Å². The van der Waals surface area contributed by atoms with Gasteiger partial charge in [0.2, 0.25) is 0 Å². The van der Waals surface area contributed by atoms with Gasteiger partial charge in [0.1, 0.15) is 5.75 Å². The molecule has 1 heterocycles. The zero-order valence-corrected chi connectivity index (χ0v) is 15.2. The summed E-state index contributed by atoms with van der Waals surface area (Å²) in [5.74, 6) is 0.893. The lowest BCUT2D eigenvalue weighted by Crippen LogP contribution is -2.40. The van der Waals surface area contributed by atoms with E-state index in [0.717, 1.165) is 12.3 Å². The number of methoxy groups -OCH3 is 1. The van der Waals surface area contributed by atoms with Crippen LogP contribution in [0.1, 0.15) is 16.7 Å². The van der Waals surface area contributed by atoms with Crippen LogP contribution < -0.4 is 9.55 Å². The maximum atomic E-state index is 5.43. The molecule has 0 saturated heterocycles. The van der Waals surface area contributed by atoms with Crippen molar-refractivity contribution in [3.63, 3.8) is 0 Å². The maximum absolute atomic E-state index is 5.43. The van der Waals surface area contributed by atoms with E-state index >= 15 is 0 Å². The molecule has 0 radical (unpaired) electrons. The number of para-hydroxylation sites is 1. The number of fused-ring (bicyclic) bond motifs is 1. The lowest BCUT2D eigenvalue weighted by atomic mass is 9.51. The smallest absolute Gasteiger partial charge is 0.286 e. The third-order valence-corrected chi connectivity index (χ3v) is 5.07. The standard InChI is InChI=1S/C23H22BNO/c1-24-22(19-12-8-13-21(15-19)26-2)16-20-11-6-7-14-23(20)25(24)17-18-9-4-3-5-10-18/h3-16H,17H2,1-2H3. The molecule has 3 heteroatoms. The van der Waals surface area contributed by atoms with Gasteiger partial charge in [0, 0.05) is 12.2 Å². The van der Waals surface area contributed by atoms with Gasteiger partial charge in [-0.3, -0.25) is 0 Å². The molecule has 0 aliphatic carbocycles. The van der Waals surface area contributed by atoms with Gasteiger partial charge in [0.25, 0.3) is 6.85 Å². The zero-order chi connectivity index (χ0) is 17.9. The molecule has 0 atom stereocenters. The summed E-state index contributed by atoms with van der Waals surface area (Å²) in [7, 11) is 1.72. The second-order valence-electron chi connectivity index (χ2n) is 6.68. The van der Waals surface area contributed by atoms with Crippen molar-refractivity contribution < 1.29 is 4.74 Å². The van der Waals surface area contributed by atoms with Crippen LogP contribution in [0.2, 0.25) is 6.82 Å². The molecule has 4 rings (SSSR count). The third-order valence-electron chi connectivity index (χ3n) is 5.07. The van der Waals surface area contributed by atoms with Crippen LogP contribution in [0.3, 0.4) is 0 Å². The second kappa shape index (κ2) is 7.13. The summed E-state index contributed by atoms with van der Waals surface area (Å²) in [6.45, 7) is 3.45. The van der Waals surface area contributed by atoms with Gasteiger partial charge in [-0.15, -0.1) is 0 Å².